The monoisotopic (exact) mass is 516 g/mol. The van der Waals surface area contributed by atoms with Gasteiger partial charge in [-0.15, -0.1) is 0 Å². The van der Waals surface area contributed by atoms with E-state index in [1.54, 1.807) is 40.7 Å². The molecule has 0 fully saturated rings. The number of benzene rings is 2. The summed E-state index contributed by atoms with van der Waals surface area (Å²) in [5.41, 5.74) is 4.85. The van der Waals surface area contributed by atoms with Crippen LogP contribution < -0.4 is 24.3 Å². The lowest BCUT2D eigenvalue weighted by Crippen LogP contribution is -2.22. The summed E-state index contributed by atoms with van der Waals surface area (Å²) in [4.78, 5) is 16.7. The Bertz CT molecular complexity index is 1210. The average molecular weight is 517 g/mol. The molecule has 1 amide bonds. The predicted octanol–water partition coefficient (Wildman–Crippen LogP) is 5.63. The molecule has 38 heavy (non-hydrogen) atoms. The molecule has 0 aliphatic heterocycles. The molecular weight excluding hydrogens is 480 g/mol. The molecular formula is C31H36N2O5. The summed E-state index contributed by atoms with van der Waals surface area (Å²) < 4.78 is 21.9. The third kappa shape index (κ3) is 7.62. The zero-order valence-electron chi connectivity index (χ0n) is 22.7. The molecule has 1 aromatic heterocycles. The van der Waals surface area contributed by atoms with E-state index >= 15 is 0 Å². The highest BCUT2D eigenvalue weighted by atomic mass is 16.5. The number of hydrogen-bond acceptors (Lipinski definition) is 6. The van der Waals surface area contributed by atoms with Crippen LogP contribution in [0.15, 0.2) is 78.6 Å². The number of aryl methyl sites for hydroxylation is 1. The fourth-order valence-electron chi connectivity index (χ4n) is 4.16. The average Bonchev–Trinajstić information content (AvgIpc) is 2.96. The summed E-state index contributed by atoms with van der Waals surface area (Å²) in [6.45, 7) is 2.59. The van der Waals surface area contributed by atoms with Gasteiger partial charge in [0.1, 0.15) is 0 Å². The van der Waals surface area contributed by atoms with Gasteiger partial charge in [-0.3, -0.25) is 9.78 Å². The Kier molecular flexibility index (Phi) is 10.8. The van der Waals surface area contributed by atoms with Gasteiger partial charge in [-0.2, -0.15) is 0 Å². The number of carbonyl (C=O) groups is 1. The van der Waals surface area contributed by atoms with Crippen molar-refractivity contribution in [2.24, 2.45) is 0 Å². The van der Waals surface area contributed by atoms with Crippen molar-refractivity contribution in [3.8, 4) is 23.0 Å². The smallest absolute Gasteiger partial charge is 0.243 e. The summed E-state index contributed by atoms with van der Waals surface area (Å²) in [5, 5.41) is 2.97. The van der Waals surface area contributed by atoms with Gasteiger partial charge in [0.2, 0.25) is 5.91 Å². The maximum atomic E-state index is 12.5. The topological polar surface area (TPSA) is 78.9 Å². The molecule has 2 aromatic carbocycles. The molecule has 0 saturated heterocycles. The van der Waals surface area contributed by atoms with Gasteiger partial charge in [0.25, 0.3) is 0 Å². The Balaban J connectivity index is 1.80. The molecule has 7 nitrogen and oxygen atoms in total. The van der Waals surface area contributed by atoms with Gasteiger partial charge in [-0.05, 0) is 84.4 Å². The van der Waals surface area contributed by atoms with Crippen LogP contribution in [0.3, 0.4) is 0 Å². The van der Waals surface area contributed by atoms with Crippen molar-refractivity contribution in [1.82, 2.24) is 10.3 Å². The Morgan fingerprint density at radius 2 is 1.42 bits per heavy atom. The quantitative estimate of drug-likeness (QED) is 0.180. The van der Waals surface area contributed by atoms with E-state index in [-0.39, 0.29) is 5.91 Å². The molecule has 0 radical (unpaired) electrons. The van der Waals surface area contributed by atoms with E-state index in [1.807, 2.05) is 61.7 Å². The zero-order chi connectivity index (χ0) is 27.3. The second kappa shape index (κ2) is 14.5. The van der Waals surface area contributed by atoms with E-state index in [2.05, 4.69) is 16.4 Å². The molecule has 0 aliphatic rings. The lowest BCUT2D eigenvalue weighted by Gasteiger charge is -2.16. The maximum Gasteiger partial charge on any atom is 0.243 e. The van der Waals surface area contributed by atoms with Crippen LogP contribution in [0.5, 0.6) is 23.0 Å². The first-order valence-corrected chi connectivity index (χ1v) is 12.5. The summed E-state index contributed by atoms with van der Waals surface area (Å²) in [5.74, 6) is 2.37. The summed E-state index contributed by atoms with van der Waals surface area (Å²) in [6, 6.07) is 15.5. The van der Waals surface area contributed by atoms with Gasteiger partial charge in [-0.25, -0.2) is 0 Å². The Labute approximate surface area is 225 Å². The number of allylic oxidation sites excluding steroid dienone is 2. The molecule has 0 saturated carbocycles. The summed E-state index contributed by atoms with van der Waals surface area (Å²) in [6.07, 6.45) is 9.87. The van der Waals surface area contributed by atoms with E-state index in [0.29, 0.717) is 29.5 Å². The predicted molar refractivity (Wildman–Crippen MR) is 150 cm³/mol. The van der Waals surface area contributed by atoms with Crippen LogP contribution in [-0.4, -0.2) is 45.9 Å². The number of amides is 1. The molecule has 0 aliphatic carbocycles. The summed E-state index contributed by atoms with van der Waals surface area (Å²) >= 11 is 0. The molecule has 0 unspecified atom stereocenters. The van der Waals surface area contributed by atoms with Gasteiger partial charge < -0.3 is 24.3 Å². The van der Waals surface area contributed by atoms with E-state index in [4.69, 9.17) is 18.9 Å². The number of hydrogen-bond donors (Lipinski definition) is 1. The van der Waals surface area contributed by atoms with Gasteiger partial charge >= 0.3 is 0 Å². The fraction of sp³-hybridized carbons (Fsp3) is 0.290. The number of unbranched alkanes of at least 4 members (excludes halogenated alkanes) is 1. The van der Waals surface area contributed by atoms with Crippen LogP contribution in [0.1, 0.15) is 36.5 Å². The lowest BCUT2D eigenvalue weighted by molar-refractivity contribution is -0.116. The minimum Gasteiger partial charge on any atom is -0.493 e. The van der Waals surface area contributed by atoms with E-state index in [1.165, 1.54) is 5.56 Å². The van der Waals surface area contributed by atoms with Crippen LogP contribution in [-0.2, 0) is 11.2 Å². The number of pyridine rings is 1. The molecule has 7 heteroatoms. The van der Waals surface area contributed by atoms with Crippen molar-refractivity contribution in [2.45, 2.75) is 26.2 Å². The van der Waals surface area contributed by atoms with Crippen molar-refractivity contribution in [3.05, 3.63) is 95.3 Å². The van der Waals surface area contributed by atoms with Crippen molar-refractivity contribution >= 4 is 11.5 Å². The van der Waals surface area contributed by atoms with Crippen LogP contribution >= 0.6 is 0 Å². The van der Waals surface area contributed by atoms with Crippen molar-refractivity contribution in [3.63, 3.8) is 0 Å². The van der Waals surface area contributed by atoms with Gasteiger partial charge in [0, 0.05) is 25.0 Å². The number of nitrogens with one attached hydrogen (secondary N) is 1. The minimum absolute atomic E-state index is 0.135. The fourth-order valence-corrected chi connectivity index (χ4v) is 4.16. The first-order valence-electron chi connectivity index (χ1n) is 12.5. The first kappa shape index (κ1) is 28.3. The molecule has 3 rings (SSSR count). The number of carbonyl (C=O) groups excluding carboxylic acids is 1. The molecule has 1 heterocycles. The standard InChI is InChI=1S/C31H36N2O5/c1-22(11-16-30(34)33-18-7-6-9-23-10-8-17-32-21-23)31(24-12-14-26(35-2)28(19-24)37-4)25-13-15-27(36-3)29(20-25)38-5/h8,10-17,19-21H,6-7,9,18H2,1-5H3,(H,33,34)/b16-11+. The van der Waals surface area contributed by atoms with Crippen molar-refractivity contribution < 1.29 is 23.7 Å². The molecule has 200 valence electrons. The number of nitrogens with zero attached hydrogens (tertiary/aromatic N) is 1. The van der Waals surface area contributed by atoms with Crippen LogP contribution in [0.4, 0.5) is 0 Å². The van der Waals surface area contributed by atoms with E-state index in [0.717, 1.165) is 41.5 Å². The highest BCUT2D eigenvalue weighted by Gasteiger charge is 2.15. The largest absolute Gasteiger partial charge is 0.493 e. The number of rotatable bonds is 13. The Morgan fingerprint density at radius 1 is 0.816 bits per heavy atom. The molecule has 0 spiro atoms. The number of ether oxygens (including phenoxy) is 4. The second-order valence-corrected chi connectivity index (χ2v) is 8.64. The third-order valence-electron chi connectivity index (χ3n) is 6.14. The maximum absolute atomic E-state index is 12.5. The van der Waals surface area contributed by atoms with Crippen molar-refractivity contribution in [1.29, 1.82) is 0 Å². The Morgan fingerprint density at radius 3 is 1.95 bits per heavy atom. The first-order chi connectivity index (χ1) is 18.5. The lowest BCUT2D eigenvalue weighted by atomic mass is 9.92. The van der Waals surface area contributed by atoms with Gasteiger partial charge in [0.05, 0.1) is 28.4 Å². The van der Waals surface area contributed by atoms with Gasteiger partial charge in [-0.1, -0.05) is 24.3 Å². The number of methoxy groups -OCH3 is 4. The molecule has 0 bridgehead atoms. The van der Waals surface area contributed by atoms with E-state index in [9.17, 15) is 4.79 Å². The molecule has 0 atom stereocenters. The Hall–Kier alpha value is -4.26. The highest BCUT2D eigenvalue weighted by Crippen LogP contribution is 2.37. The van der Waals surface area contributed by atoms with Crippen LogP contribution in [0, 0.1) is 0 Å². The molecule has 3 aromatic rings. The minimum atomic E-state index is -0.135. The normalized spacial score (nSPS) is 10.7. The highest BCUT2D eigenvalue weighted by molar-refractivity contribution is 5.90. The van der Waals surface area contributed by atoms with Crippen molar-refractivity contribution in [2.75, 3.05) is 35.0 Å². The van der Waals surface area contributed by atoms with E-state index < -0.39 is 0 Å². The SMILES string of the molecule is COc1ccc(C(=C(C)/C=C/C(=O)NCCCCc2cccnc2)c2ccc(OC)c(OC)c2)cc1OC. The van der Waals surface area contributed by atoms with Crippen LogP contribution in [0.25, 0.3) is 5.57 Å². The third-order valence-corrected chi connectivity index (χ3v) is 6.14. The number of aromatic nitrogens is 1. The second-order valence-electron chi connectivity index (χ2n) is 8.64. The summed E-state index contributed by atoms with van der Waals surface area (Å²) in [7, 11) is 6.42. The van der Waals surface area contributed by atoms with Crippen LogP contribution in [0.2, 0.25) is 0 Å². The zero-order valence-corrected chi connectivity index (χ0v) is 22.7. The molecule has 1 N–H and O–H groups in total. The van der Waals surface area contributed by atoms with Gasteiger partial charge in [0.15, 0.2) is 23.0 Å².